The van der Waals surface area contributed by atoms with Crippen molar-refractivity contribution in [1.29, 1.82) is 0 Å². The molecule has 12 heavy (non-hydrogen) atoms. The van der Waals surface area contributed by atoms with Gasteiger partial charge in [0, 0.05) is 12.2 Å². The van der Waals surface area contributed by atoms with Crippen LogP contribution in [0.3, 0.4) is 0 Å². The van der Waals surface area contributed by atoms with Gasteiger partial charge in [-0.15, -0.1) is 0 Å². The predicted molar refractivity (Wildman–Crippen MR) is 53.4 cm³/mol. The molecule has 1 heterocycles. The summed E-state index contributed by atoms with van der Waals surface area (Å²) in [5, 5.41) is 4.25. The molecule has 2 nitrogen and oxygen atoms in total. The summed E-state index contributed by atoms with van der Waals surface area (Å²) in [4.78, 5) is 0. The summed E-state index contributed by atoms with van der Waals surface area (Å²) in [5.41, 5.74) is 1.32. The molecule has 0 aliphatic rings. The van der Waals surface area contributed by atoms with Crippen LogP contribution in [0.2, 0.25) is 0 Å². The summed E-state index contributed by atoms with van der Waals surface area (Å²) in [7, 11) is 0. The largest absolute Gasteiger partial charge is 0.270 e. The fraction of sp³-hybridized carbons (Fsp3) is 0.700. The Morgan fingerprint density at radius 1 is 1.25 bits per heavy atom. The van der Waals surface area contributed by atoms with Crippen molar-refractivity contribution in [2.75, 3.05) is 0 Å². The van der Waals surface area contributed by atoms with Gasteiger partial charge in [0.05, 0.1) is 6.20 Å². The quantitative estimate of drug-likeness (QED) is 0.663. The van der Waals surface area contributed by atoms with Gasteiger partial charge in [0.2, 0.25) is 0 Å². The van der Waals surface area contributed by atoms with E-state index in [0.717, 1.165) is 0 Å². The number of hydrogen-bond acceptors (Lipinski definition) is 1. The van der Waals surface area contributed by atoms with Crippen molar-refractivity contribution >= 4 is 0 Å². The Balaban J connectivity index is 0.00000121. The fourth-order valence-corrected chi connectivity index (χ4v) is 0.933. The summed E-state index contributed by atoms with van der Waals surface area (Å²) in [5.74, 6) is 0.586. The lowest BCUT2D eigenvalue weighted by Crippen LogP contribution is -1.99. The molecule has 0 fully saturated rings. The molecule has 0 unspecified atom stereocenters. The van der Waals surface area contributed by atoms with Crippen LogP contribution in [-0.2, 0) is 0 Å². The van der Waals surface area contributed by atoms with E-state index in [1.165, 1.54) is 5.56 Å². The monoisotopic (exact) mass is 168 g/mol. The molecule has 0 bridgehead atoms. The average molecular weight is 168 g/mol. The van der Waals surface area contributed by atoms with Gasteiger partial charge in [0.1, 0.15) is 0 Å². The summed E-state index contributed by atoms with van der Waals surface area (Å²) in [6.07, 6.45) is 4.07. The van der Waals surface area contributed by atoms with Crippen molar-refractivity contribution in [2.45, 2.75) is 47.1 Å². The van der Waals surface area contributed by atoms with Crippen LogP contribution in [0.5, 0.6) is 0 Å². The van der Waals surface area contributed by atoms with Crippen molar-refractivity contribution < 1.29 is 0 Å². The average Bonchev–Trinajstić information content (AvgIpc) is 2.33. The maximum absolute atomic E-state index is 4.25. The first-order valence-corrected chi connectivity index (χ1v) is 4.15. The Bertz CT molecular complexity index is 201. The molecule has 0 atom stereocenters. The molecular formula is C10H20N2. The Kier molecular flexibility index (Phi) is 4.01. The van der Waals surface area contributed by atoms with E-state index in [1.54, 1.807) is 0 Å². The number of nitrogens with zero attached hydrogens (tertiary/aromatic N) is 2. The zero-order valence-electron chi connectivity index (χ0n) is 7.70. The highest BCUT2D eigenvalue weighted by Gasteiger charge is 2.03. The Labute approximate surface area is 75.6 Å². The first-order valence-electron chi connectivity index (χ1n) is 4.15. The van der Waals surface area contributed by atoms with E-state index in [-0.39, 0.29) is 7.43 Å². The molecule has 1 aromatic heterocycles. The third-order valence-electron chi connectivity index (χ3n) is 1.82. The summed E-state index contributed by atoms with van der Waals surface area (Å²) >= 11 is 0. The molecule has 1 aromatic rings. The van der Waals surface area contributed by atoms with Crippen LogP contribution in [0.4, 0.5) is 0 Å². The third kappa shape index (κ3) is 2.36. The lowest BCUT2D eigenvalue weighted by molar-refractivity contribution is 0.531. The molecule has 0 radical (unpaired) electrons. The number of aromatic nitrogens is 2. The van der Waals surface area contributed by atoms with Gasteiger partial charge in [-0.2, -0.15) is 5.10 Å². The number of hydrogen-bond donors (Lipinski definition) is 0. The molecule has 0 amide bonds. The van der Waals surface area contributed by atoms with Gasteiger partial charge in [-0.25, -0.2) is 0 Å². The lowest BCUT2D eigenvalue weighted by Gasteiger charge is -2.03. The smallest absolute Gasteiger partial charge is 0.0524 e. The Morgan fingerprint density at radius 3 is 2.08 bits per heavy atom. The van der Waals surface area contributed by atoms with Crippen LogP contribution in [0, 0.1) is 0 Å². The van der Waals surface area contributed by atoms with Crippen molar-refractivity contribution in [3.05, 3.63) is 18.0 Å². The minimum absolute atomic E-state index is 0. The predicted octanol–water partition coefficient (Wildman–Crippen LogP) is 3.22. The molecule has 2 heteroatoms. The van der Waals surface area contributed by atoms with Gasteiger partial charge in [-0.1, -0.05) is 21.3 Å². The fourth-order valence-electron chi connectivity index (χ4n) is 0.933. The van der Waals surface area contributed by atoms with Crippen LogP contribution in [0.25, 0.3) is 0 Å². The van der Waals surface area contributed by atoms with Crippen LogP contribution in [-0.4, -0.2) is 9.78 Å². The minimum Gasteiger partial charge on any atom is -0.270 e. The second-order valence-electron chi connectivity index (χ2n) is 3.50. The summed E-state index contributed by atoms with van der Waals surface area (Å²) < 4.78 is 2.00. The zero-order chi connectivity index (χ0) is 8.43. The molecule has 1 rings (SSSR count). The molecule has 0 saturated heterocycles. The minimum atomic E-state index is 0. The van der Waals surface area contributed by atoms with Gasteiger partial charge in [0.15, 0.2) is 0 Å². The highest BCUT2D eigenvalue weighted by molar-refractivity contribution is 5.08. The highest BCUT2D eigenvalue weighted by Crippen LogP contribution is 2.14. The Hall–Kier alpha value is -0.790. The molecule has 0 N–H and O–H groups in total. The van der Waals surface area contributed by atoms with Crippen LogP contribution in [0.1, 0.15) is 52.6 Å². The summed E-state index contributed by atoms with van der Waals surface area (Å²) in [6, 6.07) is 0.475. The first-order chi connectivity index (χ1) is 5.11. The maximum Gasteiger partial charge on any atom is 0.0524 e. The van der Waals surface area contributed by atoms with Gasteiger partial charge in [-0.05, 0) is 25.3 Å². The molecule has 70 valence electrons. The van der Waals surface area contributed by atoms with Gasteiger partial charge in [-0.3, -0.25) is 4.68 Å². The van der Waals surface area contributed by atoms with Gasteiger partial charge in [0.25, 0.3) is 0 Å². The summed E-state index contributed by atoms with van der Waals surface area (Å²) in [6.45, 7) is 8.64. The van der Waals surface area contributed by atoms with Crippen molar-refractivity contribution in [3.63, 3.8) is 0 Å². The van der Waals surface area contributed by atoms with E-state index < -0.39 is 0 Å². The van der Waals surface area contributed by atoms with E-state index >= 15 is 0 Å². The zero-order valence-corrected chi connectivity index (χ0v) is 7.70. The van der Waals surface area contributed by atoms with Crippen LogP contribution in [0.15, 0.2) is 12.4 Å². The van der Waals surface area contributed by atoms with E-state index in [9.17, 15) is 0 Å². The van der Waals surface area contributed by atoms with Crippen molar-refractivity contribution in [3.8, 4) is 0 Å². The molecule has 0 spiro atoms. The standard InChI is InChI=1S/C9H16N2.CH4/c1-7(2)9-5-10-11(6-9)8(3)4;/h5-8H,1-4H3;1H4. The van der Waals surface area contributed by atoms with Crippen LogP contribution >= 0.6 is 0 Å². The number of rotatable bonds is 2. The topological polar surface area (TPSA) is 17.8 Å². The molecule has 0 aliphatic heterocycles. The Morgan fingerprint density at radius 2 is 1.83 bits per heavy atom. The second-order valence-corrected chi connectivity index (χ2v) is 3.50. The van der Waals surface area contributed by atoms with E-state index in [2.05, 4.69) is 39.0 Å². The highest BCUT2D eigenvalue weighted by atomic mass is 15.3. The SMILES string of the molecule is C.CC(C)c1cnn(C(C)C)c1. The molecule has 0 saturated carbocycles. The van der Waals surface area contributed by atoms with Crippen molar-refractivity contribution in [1.82, 2.24) is 9.78 Å². The van der Waals surface area contributed by atoms with Gasteiger partial charge >= 0.3 is 0 Å². The van der Waals surface area contributed by atoms with E-state index in [4.69, 9.17) is 0 Å². The van der Waals surface area contributed by atoms with E-state index in [0.29, 0.717) is 12.0 Å². The van der Waals surface area contributed by atoms with Crippen molar-refractivity contribution in [2.24, 2.45) is 0 Å². The third-order valence-corrected chi connectivity index (χ3v) is 1.82. The molecular weight excluding hydrogens is 148 g/mol. The molecule has 0 aliphatic carbocycles. The second kappa shape index (κ2) is 4.29. The molecule has 0 aromatic carbocycles. The maximum atomic E-state index is 4.25. The van der Waals surface area contributed by atoms with Gasteiger partial charge < -0.3 is 0 Å². The van der Waals surface area contributed by atoms with Crippen LogP contribution < -0.4 is 0 Å². The first kappa shape index (κ1) is 11.2. The normalized spacial score (nSPS) is 10.5. The van der Waals surface area contributed by atoms with E-state index in [1.807, 2.05) is 10.9 Å². The lowest BCUT2D eigenvalue weighted by atomic mass is 10.1.